The summed E-state index contributed by atoms with van der Waals surface area (Å²) in [6.45, 7) is -1.06. The number of nitrogens with one attached hydrogen (secondary N) is 2. The number of aromatic nitrogens is 3. The molecular formula is C17H18ClFN4O6S2. The summed E-state index contributed by atoms with van der Waals surface area (Å²) in [4.78, 5) is 10.9. The van der Waals surface area contributed by atoms with Crippen molar-refractivity contribution in [3.05, 3.63) is 23.4 Å². The number of methoxy groups -OCH3 is 2. The van der Waals surface area contributed by atoms with E-state index in [-0.39, 0.29) is 50.3 Å². The second kappa shape index (κ2) is 9.24. The third-order valence-electron chi connectivity index (χ3n) is 4.04. The maximum Gasteiger partial charge on any atom is 0.266 e. The van der Waals surface area contributed by atoms with Gasteiger partial charge in [-0.3, -0.25) is 4.21 Å². The van der Waals surface area contributed by atoms with Gasteiger partial charge in [-0.25, -0.2) is 17.5 Å². The molecule has 3 rings (SSSR count). The number of fused-ring (bicyclic) bond motifs is 1. The van der Waals surface area contributed by atoms with Crippen LogP contribution in [0, 0.1) is 0 Å². The quantitative estimate of drug-likeness (QED) is 0.465. The minimum absolute atomic E-state index is 0.0672. The topological polar surface area (TPSA) is 132 Å². The van der Waals surface area contributed by atoms with Gasteiger partial charge in [-0.05, 0) is 12.1 Å². The van der Waals surface area contributed by atoms with Gasteiger partial charge in [0.15, 0.2) is 0 Å². The lowest BCUT2D eigenvalue weighted by Gasteiger charge is -2.14. The summed E-state index contributed by atoms with van der Waals surface area (Å²) in [7, 11) is -3.10. The smallest absolute Gasteiger partial charge is 0.266 e. The third kappa shape index (κ3) is 4.52. The molecule has 0 amide bonds. The van der Waals surface area contributed by atoms with E-state index in [0.717, 1.165) is 0 Å². The standard InChI is InChI=1S/C17H18ClFN4O6S2/c1-27-15-13(29-7-6-19)16(28-2)22-17(21-15)23-31(25,26)11-8-20-12-9(11)4-5-10(18)14(12)30(3)24/h4-5,8,20H,6-7H2,1-3H3,(H,21,22,23). The molecule has 2 aromatic heterocycles. The van der Waals surface area contributed by atoms with Gasteiger partial charge in [-0.2, -0.15) is 9.97 Å². The Hall–Kier alpha value is -2.64. The lowest BCUT2D eigenvalue weighted by molar-refractivity contribution is 0.240. The molecule has 10 nitrogen and oxygen atoms in total. The molecule has 0 aliphatic rings. The number of H-pyrrole nitrogens is 1. The molecule has 1 unspecified atom stereocenters. The van der Waals surface area contributed by atoms with E-state index in [2.05, 4.69) is 19.7 Å². The van der Waals surface area contributed by atoms with Crippen LogP contribution in [-0.2, 0) is 20.8 Å². The van der Waals surface area contributed by atoms with Gasteiger partial charge in [0, 0.05) is 17.8 Å². The van der Waals surface area contributed by atoms with Crippen LogP contribution in [0.1, 0.15) is 0 Å². The van der Waals surface area contributed by atoms with E-state index in [1.54, 1.807) is 0 Å². The van der Waals surface area contributed by atoms with Crippen LogP contribution in [0.3, 0.4) is 0 Å². The van der Waals surface area contributed by atoms with Crippen LogP contribution < -0.4 is 18.9 Å². The van der Waals surface area contributed by atoms with Crippen LogP contribution in [-0.4, -0.2) is 61.3 Å². The van der Waals surface area contributed by atoms with Crippen molar-refractivity contribution in [1.29, 1.82) is 0 Å². The number of hydrogen-bond donors (Lipinski definition) is 2. The first-order valence-electron chi connectivity index (χ1n) is 8.58. The van der Waals surface area contributed by atoms with Crippen molar-refractivity contribution in [2.45, 2.75) is 9.79 Å². The van der Waals surface area contributed by atoms with Crippen molar-refractivity contribution in [1.82, 2.24) is 15.0 Å². The number of halogens is 2. The summed E-state index contributed by atoms with van der Waals surface area (Å²) >= 11 is 6.11. The molecule has 0 fully saturated rings. The van der Waals surface area contributed by atoms with Gasteiger partial charge >= 0.3 is 0 Å². The third-order valence-corrected chi connectivity index (χ3v) is 6.83. The molecule has 0 aliphatic carbocycles. The van der Waals surface area contributed by atoms with Gasteiger partial charge in [0.25, 0.3) is 21.8 Å². The predicted octanol–water partition coefficient (Wildman–Crippen LogP) is 2.52. The Balaban J connectivity index is 2.05. The molecule has 2 N–H and O–H groups in total. The minimum atomic E-state index is -4.19. The molecule has 3 aromatic rings. The van der Waals surface area contributed by atoms with Gasteiger partial charge in [-0.1, -0.05) is 11.6 Å². The van der Waals surface area contributed by atoms with Crippen molar-refractivity contribution in [2.24, 2.45) is 0 Å². The Morgan fingerprint density at radius 2 is 1.87 bits per heavy atom. The molecule has 31 heavy (non-hydrogen) atoms. The van der Waals surface area contributed by atoms with Crippen LogP contribution >= 0.6 is 11.6 Å². The number of nitrogens with zero attached hydrogens (tertiary/aromatic N) is 2. The fraction of sp³-hybridized carbons (Fsp3) is 0.294. The zero-order chi connectivity index (χ0) is 22.8. The lowest BCUT2D eigenvalue weighted by Crippen LogP contribution is -2.16. The zero-order valence-electron chi connectivity index (χ0n) is 16.6. The fourth-order valence-electron chi connectivity index (χ4n) is 2.80. The highest BCUT2D eigenvalue weighted by Gasteiger charge is 2.25. The van der Waals surface area contributed by atoms with Crippen molar-refractivity contribution in [3.8, 4) is 17.5 Å². The van der Waals surface area contributed by atoms with E-state index in [1.807, 2.05) is 0 Å². The van der Waals surface area contributed by atoms with E-state index in [4.69, 9.17) is 25.8 Å². The highest BCUT2D eigenvalue weighted by atomic mass is 35.5. The second-order valence-electron chi connectivity index (χ2n) is 5.94. The molecule has 0 bridgehead atoms. The van der Waals surface area contributed by atoms with Gasteiger partial charge in [0.05, 0.1) is 40.5 Å². The van der Waals surface area contributed by atoms with Crippen molar-refractivity contribution < 1.29 is 31.2 Å². The maximum absolute atomic E-state index is 13.0. The Labute approximate surface area is 184 Å². The Bertz CT molecular complexity index is 1230. The average Bonchev–Trinajstić information content (AvgIpc) is 3.16. The molecule has 0 saturated carbocycles. The molecular weight excluding hydrogens is 475 g/mol. The van der Waals surface area contributed by atoms with Gasteiger partial charge in [0.2, 0.25) is 11.7 Å². The van der Waals surface area contributed by atoms with Crippen molar-refractivity contribution >= 4 is 49.3 Å². The molecule has 1 atom stereocenters. The molecule has 0 saturated heterocycles. The first-order chi connectivity index (χ1) is 14.7. The fourth-order valence-corrected chi connectivity index (χ4v) is 5.19. The summed E-state index contributed by atoms with van der Waals surface area (Å²) in [5.41, 5.74) is 0.333. The summed E-state index contributed by atoms with van der Waals surface area (Å²) in [5, 5.41) is 0.526. The lowest BCUT2D eigenvalue weighted by atomic mass is 10.2. The molecule has 2 heterocycles. The van der Waals surface area contributed by atoms with Crippen molar-refractivity contribution in [3.63, 3.8) is 0 Å². The molecule has 1 aromatic carbocycles. The number of rotatable bonds is 9. The Morgan fingerprint density at radius 3 is 2.42 bits per heavy atom. The normalized spacial score (nSPS) is 12.5. The number of sulfonamides is 1. The Kier molecular flexibility index (Phi) is 6.86. The van der Waals surface area contributed by atoms with E-state index in [0.29, 0.717) is 5.52 Å². The van der Waals surface area contributed by atoms with Crippen LogP contribution in [0.15, 0.2) is 28.1 Å². The molecule has 14 heteroatoms. The molecule has 0 radical (unpaired) electrons. The van der Waals surface area contributed by atoms with E-state index < -0.39 is 27.5 Å². The van der Waals surface area contributed by atoms with Crippen molar-refractivity contribution in [2.75, 3.05) is 38.5 Å². The number of ether oxygens (including phenoxy) is 3. The Morgan fingerprint density at radius 1 is 1.23 bits per heavy atom. The van der Waals surface area contributed by atoms with E-state index in [9.17, 15) is 17.0 Å². The van der Waals surface area contributed by atoms with Crippen LogP contribution in [0.4, 0.5) is 10.3 Å². The zero-order valence-corrected chi connectivity index (χ0v) is 19.0. The number of hydrogen-bond acceptors (Lipinski definition) is 8. The monoisotopic (exact) mass is 492 g/mol. The molecule has 0 spiro atoms. The van der Waals surface area contributed by atoms with Crippen LogP contribution in [0.25, 0.3) is 10.9 Å². The summed E-state index contributed by atoms with van der Waals surface area (Å²) in [6, 6.07) is 2.96. The highest BCUT2D eigenvalue weighted by molar-refractivity contribution is 7.93. The van der Waals surface area contributed by atoms with E-state index in [1.165, 1.54) is 38.8 Å². The SMILES string of the molecule is COc1nc(NS(=O)(=O)c2c[nH]c3c(S(C)=O)c(Cl)ccc23)nc(OC)c1OCCF. The largest absolute Gasteiger partial charge is 0.481 e. The van der Waals surface area contributed by atoms with Gasteiger partial charge < -0.3 is 19.2 Å². The van der Waals surface area contributed by atoms with Crippen LogP contribution in [0.5, 0.6) is 17.5 Å². The number of benzene rings is 1. The number of aromatic amines is 1. The molecule has 0 aliphatic heterocycles. The van der Waals surface area contributed by atoms with Gasteiger partial charge in [0.1, 0.15) is 18.2 Å². The summed E-state index contributed by atoms with van der Waals surface area (Å²) in [6.07, 6.45) is 2.68. The van der Waals surface area contributed by atoms with Gasteiger partial charge in [-0.15, -0.1) is 0 Å². The van der Waals surface area contributed by atoms with E-state index >= 15 is 0 Å². The maximum atomic E-state index is 13.0. The first-order valence-corrected chi connectivity index (χ1v) is 12.0. The molecule has 168 valence electrons. The number of alkyl halides is 1. The predicted molar refractivity (Wildman–Crippen MR) is 113 cm³/mol. The summed E-state index contributed by atoms with van der Waals surface area (Å²) < 4.78 is 68.1. The minimum Gasteiger partial charge on any atom is -0.481 e. The highest BCUT2D eigenvalue weighted by Crippen LogP contribution is 2.36. The second-order valence-corrected chi connectivity index (χ2v) is 9.32. The average molecular weight is 493 g/mol. The van der Waals surface area contributed by atoms with Crippen LogP contribution in [0.2, 0.25) is 5.02 Å². The first kappa shape index (κ1) is 23.0. The number of anilines is 1. The summed E-state index contributed by atoms with van der Waals surface area (Å²) in [5.74, 6) is -0.717.